The van der Waals surface area contributed by atoms with Crippen molar-refractivity contribution in [2.24, 2.45) is 17.6 Å². The monoisotopic (exact) mass is 401 g/mol. The molecule has 3 aliphatic rings. The van der Waals surface area contributed by atoms with Crippen molar-refractivity contribution in [1.82, 2.24) is 15.5 Å². The maximum absolute atomic E-state index is 12.6. The number of hydrogen-bond acceptors (Lipinski definition) is 5. The Kier molecular flexibility index (Phi) is 7.50. The largest absolute Gasteiger partial charge is 0.355 e. The van der Waals surface area contributed by atoms with Crippen LogP contribution in [0.2, 0.25) is 0 Å². The molecule has 0 spiro atoms. The lowest BCUT2D eigenvalue weighted by Crippen LogP contribution is -2.53. The van der Waals surface area contributed by atoms with E-state index in [2.05, 4.69) is 20.4 Å². The fourth-order valence-corrected chi connectivity index (χ4v) is 4.81. The number of anilines is 1. The third-order valence-corrected chi connectivity index (χ3v) is 5.99. The number of aromatic nitrogens is 2. The van der Waals surface area contributed by atoms with Crippen molar-refractivity contribution in [3.05, 3.63) is 17.8 Å². The van der Waals surface area contributed by atoms with E-state index in [9.17, 15) is 4.79 Å². The second-order valence-corrected chi connectivity index (χ2v) is 7.65. The van der Waals surface area contributed by atoms with Gasteiger partial charge >= 0.3 is 0 Å². The van der Waals surface area contributed by atoms with Crippen LogP contribution in [0, 0.1) is 11.8 Å². The Morgan fingerprint density at radius 1 is 1.04 bits per heavy atom. The molecule has 26 heavy (non-hydrogen) atoms. The zero-order valence-electron chi connectivity index (χ0n) is 15.0. The van der Waals surface area contributed by atoms with Gasteiger partial charge in [-0.15, -0.1) is 35.0 Å². The highest BCUT2D eigenvalue weighted by Gasteiger charge is 2.40. The van der Waals surface area contributed by atoms with Gasteiger partial charge in [0, 0.05) is 25.2 Å². The van der Waals surface area contributed by atoms with Crippen LogP contribution >= 0.6 is 24.8 Å². The van der Waals surface area contributed by atoms with Gasteiger partial charge in [0.25, 0.3) is 5.91 Å². The first-order valence-corrected chi connectivity index (χ1v) is 9.36. The van der Waals surface area contributed by atoms with E-state index in [1.54, 1.807) is 6.07 Å². The molecule has 0 aromatic carbocycles. The molecule has 146 valence electrons. The molecule has 2 aliphatic carbocycles. The Hall–Kier alpha value is -1.11. The van der Waals surface area contributed by atoms with Gasteiger partial charge in [0.15, 0.2) is 11.5 Å². The van der Waals surface area contributed by atoms with Crippen molar-refractivity contribution in [2.75, 3.05) is 18.0 Å². The zero-order valence-corrected chi connectivity index (χ0v) is 16.6. The van der Waals surface area contributed by atoms with Gasteiger partial charge in [0.05, 0.1) is 0 Å². The molecule has 2 bridgehead atoms. The Morgan fingerprint density at radius 2 is 1.69 bits per heavy atom. The van der Waals surface area contributed by atoms with Crippen molar-refractivity contribution in [3.63, 3.8) is 0 Å². The Balaban J connectivity index is 0.00000121. The van der Waals surface area contributed by atoms with E-state index >= 15 is 0 Å². The second-order valence-electron chi connectivity index (χ2n) is 7.65. The summed E-state index contributed by atoms with van der Waals surface area (Å²) in [6, 6.07) is 4.28. The van der Waals surface area contributed by atoms with Crippen LogP contribution < -0.4 is 16.0 Å². The first-order chi connectivity index (χ1) is 11.7. The van der Waals surface area contributed by atoms with Crippen LogP contribution in [0.4, 0.5) is 5.82 Å². The van der Waals surface area contributed by atoms with Gasteiger partial charge in [0.2, 0.25) is 0 Å². The molecule has 0 radical (unpaired) electrons. The number of nitrogens with zero attached hydrogens (tertiary/aromatic N) is 3. The number of rotatable bonds is 3. The summed E-state index contributed by atoms with van der Waals surface area (Å²) in [4.78, 5) is 14.8. The van der Waals surface area contributed by atoms with Crippen LogP contribution in [-0.4, -0.2) is 41.3 Å². The van der Waals surface area contributed by atoms with Gasteiger partial charge in [-0.05, 0) is 62.5 Å². The molecule has 2 heterocycles. The quantitative estimate of drug-likeness (QED) is 0.812. The summed E-state index contributed by atoms with van der Waals surface area (Å²) in [5.41, 5.74) is 6.59. The lowest BCUT2D eigenvalue weighted by molar-refractivity contribution is 0.0751. The second kappa shape index (κ2) is 9.20. The molecular formula is C18H29Cl2N5O. The molecule has 2 atom stereocenters. The fourth-order valence-electron chi connectivity index (χ4n) is 4.81. The maximum atomic E-state index is 12.6. The molecular weight excluding hydrogens is 373 g/mol. The highest BCUT2D eigenvalue weighted by molar-refractivity contribution is 5.92. The van der Waals surface area contributed by atoms with E-state index in [0.717, 1.165) is 31.7 Å². The van der Waals surface area contributed by atoms with Gasteiger partial charge in [-0.1, -0.05) is 6.42 Å². The predicted octanol–water partition coefficient (Wildman–Crippen LogP) is 2.56. The number of carbonyl (C=O) groups is 1. The number of nitrogens with one attached hydrogen (secondary N) is 1. The molecule has 1 aliphatic heterocycles. The molecule has 3 N–H and O–H groups in total. The smallest absolute Gasteiger partial charge is 0.272 e. The van der Waals surface area contributed by atoms with Crippen LogP contribution in [0.25, 0.3) is 0 Å². The summed E-state index contributed by atoms with van der Waals surface area (Å²) in [5.74, 6) is 1.83. The Morgan fingerprint density at radius 3 is 2.27 bits per heavy atom. The number of nitrogens with two attached hydrogens (primary N) is 1. The summed E-state index contributed by atoms with van der Waals surface area (Å²) in [6.45, 7) is 2.07. The van der Waals surface area contributed by atoms with Crippen LogP contribution in [-0.2, 0) is 0 Å². The summed E-state index contributed by atoms with van der Waals surface area (Å²) in [7, 11) is 0. The van der Waals surface area contributed by atoms with Crippen LogP contribution in [0.5, 0.6) is 0 Å². The number of carbonyl (C=O) groups excluding carboxylic acids is 1. The van der Waals surface area contributed by atoms with Gasteiger partial charge in [-0.25, -0.2) is 0 Å². The minimum absolute atomic E-state index is 0. The fraction of sp³-hybridized carbons (Fsp3) is 0.722. The summed E-state index contributed by atoms with van der Waals surface area (Å²) in [5, 5.41) is 11.7. The minimum Gasteiger partial charge on any atom is -0.355 e. The average Bonchev–Trinajstić information content (AvgIpc) is 3.10. The predicted molar refractivity (Wildman–Crippen MR) is 107 cm³/mol. The normalized spacial score (nSPS) is 30.1. The topological polar surface area (TPSA) is 84.1 Å². The minimum atomic E-state index is -0.0900. The first-order valence-electron chi connectivity index (χ1n) is 9.36. The third kappa shape index (κ3) is 4.41. The number of halogens is 2. The maximum Gasteiger partial charge on any atom is 0.272 e. The first kappa shape index (κ1) is 21.2. The van der Waals surface area contributed by atoms with E-state index in [-0.39, 0.29) is 36.8 Å². The van der Waals surface area contributed by atoms with Crippen molar-refractivity contribution in [3.8, 4) is 0 Å². The Labute approximate surface area is 167 Å². The number of amides is 1. The van der Waals surface area contributed by atoms with Crippen molar-refractivity contribution >= 4 is 36.5 Å². The summed E-state index contributed by atoms with van der Waals surface area (Å²) < 4.78 is 0. The van der Waals surface area contributed by atoms with Crippen LogP contribution in [0.15, 0.2) is 12.1 Å². The molecule has 3 fully saturated rings. The van der Waals surface area contributed by atoms with Crippen molar-refractivity contribution < 1.29 is 4.79 Å². The third-order valence-electron chi connectivity index (χ3n) is 5.99. The molecule has 2 unspecified atom stereocenters. The van der Waals surface area contributed by atoms with Crippen molar-refractivity contribution in [1.29, 1.82) is 0 Å². The molecule has 1 aromatic heterocycles. The summed E-state index contributed by atoms with van der Waals surface area (Å²) in [6.07, 6.45) is 8.08. The zero-order chi connectivity index (χ0) is 16.5. The van der Waals surface area contributed by atoms with Gasteiger partial charge in [-0.2, -0.15) is 0 Å². The van der Waals surface area contributed by atoms with Gasteiger partial charge in [-0.3, -0.25) is 4.79 Å². The molecule has 2 saturated carbocycles. The molecule has 4 rings (SSSR count). The molecule has 1 amide bonds. The molecule has 1 saturated heterocycles. The number of hydrogen-bond donors (Lipinski definition) is 2. The summed E-state index contributed by atoms with van der Waals surface area (Å²) >= 11 is 0. The standard InChI is InChI=1S/C18H27N5O.2ClH/c19-14-10-12-4-3-5-13(11-14)17(12)20-18(24)15-6-7-16(22-21-15)23-8-1-2-9-23;;/h6-7,12-14,17H,1-5,8-11,19H2,(H,20,24);2*1H. The van der Waals surface area contributed by atoms with E-state index in [1.807, 2.05) is 6.07 Å². The van der Waals surface area contributed by atoms with E-state index in [0.29, 0.717) is 23.6 Å². The SMILES string of the molecule is Cl.Cl.NC1CC2CCCC(C1)C2NC(=O)c1ccc(N2CCCC2)nn1. The number of fused-ring (bicyclic) bond motifs is 2. The lowest BCUT2D eigenvalue weighted by atomic mass is 9.67. The molecule has 8 heteroatoms. The average molecular weight is 402 g/mol. The van der Waals surface area contributed by atoms with E-state index < -0.39 is 0 Å². The Bertz CT molecular complexity index is 580. The van der Waals surface area contributed by atoms with Crippen LogP contribution in [0.3, 0.4) is 0 Å². The molecule has 1 aromatic rings. The highest BCUT2D eigenvalue weighted by Crippen LogP contribution is 2.39. The lowest BCUT2D eigenvalue weighted by Gasteiger charge is -2.45. The van der Waals surface area contributed by atoms with E-state index in [4.69, 9.17) is 5.73 Å². The highest BCUT2D eigenvalue weighted by atomic mass is 35.5. The van der Waals surface area contributed by atoms with Gasteiger partial charge in [0.1, 0.15) is 0 Å². The van der Waals surface area contributed by atoms with Crippen LogP contribution in [0.1, 0.15) is 55.4 Å². The van der Waals surface area contributed by atoms with Crippen molar-refractivity contribution in [2.45, 2.75) is 57.0 Å². The van der Waals surface area contributed by atoms with Gasteiger partial charge < -0.3 is 16.0 Å². The molecule has 6 nitrogen and oxygen atoms in total. The van der Waals surface area contributed by atoms with E-state index in [1.165, 1.54) is 32.1 Å².